The lowest BCUT2D eigenvalue weighted by Crippen LogP contribution is -2.20. The zero-order valence-corrected chi connectivity index (χ0v) is 15.2. The number of nitrogens with one attached hydrogen (secondary N) is 1. The first kappa shape index (κ1) is 17.4. The van der Waals surface area contributed by atoms with Gasteiger partial charge in [-0.15, -0.1) is 11.3 Å². The summed E-state index contributed by atoms with van der Waals surface area (Å²) in [6, 6.07) is 7.45. The molecule has 0 fully saturated rings. The number of carbonyl (C=O) groups excluding carboxylic acids is 2. The molecule has 2 aromatic rings. The Morgan fingerprint density at radius 3 is 2.70 bits per heavy atom. The second kappa shape index (κ2) is 8.08. The molecule has 1 aromatic heterocycles. The predicted molar refractivity (Wildman–Crippen MR) is 96.6 cm³/mol. The molecule has 1 aromatic carbocycles. The first-order chi connectivity index (χ1) is 11.0. The smallest absolute Gasteiger partial charge is 0.331 e. The maximum absolute atomic E-state index is 11.8. The third kappa shape index (κ3) is 5.33. The molecule has 23 heavy (non-hydrogen) atoms. The van der Waals surface area contributed by atoms with Gasteiger partial charge in [-0.1, -0.05) is 22.0 Å². The van der Waals surface area contributed by atoms with Crippen LogP contribution in [0.3, 0.4) is 0 Å². The fourth-order valence-corrected chi connectivity index (χ4v) is 2.95. The van der Waals surface area contributed by atoms with Crippen LogP contribution < -0.4 is 5.32 Å². The molecule has 0 radical (unpaired) electrons. The van der Waals surface area contributed by atoms with Gasteiger partial charge in [0.25, 0.3) is 5.91 Å². The van der Waals surface area contributed by atoms with E-state index < -0.39 is 5.97 Å². The molecule has 0 aliphatic carbocycles. The highest BCUT2D eigenvalue weighted by Crippen LogP contribution is 2.20. The van der Waals surface area contributed by atoms with Gasteiger partial charge in [-0.05, 0) is 54.6 Å². The van der Waals surface area contributed by atoms with E-state index >= 15 is 0 Å². The third-order valence-electron chi connectivity index (χ3n) is 3.07. The van der Waals surface area contributed by atoms with E-state index in [0.29, 0.717) is 5.69 Å². The largest absolute Gasteiger partial charge is 0.452 e. The Bertz CT molecular complexity index is 752. The summed E-state index contributed by atoms with van der Waals surface area (Å²) in [6.45, 7) is 3.60. The topological polar surface area (TPSA) is 55.4 Å². The second-order valence-electron chi connectivity index (χ2n) is 4.92. The van der Waals surface area contributed by atoms with Crippen molar-refractivity contribution in [2.24, 2.45) is 0 Å². The number of ether oxygens (including phenoxy) is 1. The van der Waals surface area contributed by atoms with Crippen LogP contribution in [0.15, 0.2) is 40.2 Å². The summed E-state index contributed by atoms with van der Waals surface area (Å²) in [5.41, 5.74) is 2.82. The number of aryl methyl sites for hydroxylation is 2. The molecule has 120 valence electrons. The molecule has 1 amide bonds. The normalized spacial score (nSPS) is 10.7. The molecule has 0 bridgehead atoms. The molecular formula is C17H16BrNO3S. The van der Waals surface area contributed by atoms with Gasteiger partial charge in [0.15, 0.2) is 6.61 Å². The van der Waals surface area contributed by atoms with E-state index in [2.05, 4.69) is 21.2 Å². The van der Waals surface area contributed by atoms with E-state index in [1.807, 2.05) is 31.4 Å². The summed E-state index contributed by atoms with van der Waals surface area (Å²) < 4.78 is 5.83. The van der Waals surface area contributed by atoms with E-state index in [9.17, 15) is 9.59 Å². The minimum atomic E-state index is -0.543. The summed E-state index contributed by atoms with van der Waals surface area (Å²) in [5.74, 6) is -0.923. The maximum atomic E-state index is 11.8. The highest BCUT2D eigenvalue weighted by atomic mass is 79.9. The van der Waals surface area contributed by atoms with Crippen molar-refractivity contribution in [2.45, 2.75) is 13.8 Å². The third-order valence-corrected chi connectivity index (χ3v) is 4.91. The minimum absolute atomic E-state index is 0.321. The highest BCUT2D eigenvalue weighted by molar-refractivity contribution is 9.10. The Hall–Kier alpha value is -1.92. The van der Waals surface area contributed by atoms with Crippen molar-refractivity contribution in [1.29, 1.82) is 0 Å². The van der Waals surface area contributed by atoms with Crippen molar-refractivity contribution in [2.75, 3.05) is 11.9 Å². The number of anilines is 1. The number of amides is 1. The number of hydrogen-bond acceptors (Lipinski definition) is 4. The van der Waals surface area contributed by atoms with E-state index in [0.717, 1.165) is 20.5 Å². The van der Waals surface area contributed by atoms with Gasteiger partial charge in [-0.2, -0.15) is 0 Å². The van der Waals surface area contributed by atoms with Crippen molar-refractivity contribution < 1.29 is 14.3 Å². The molecule has 0 aliphatic heterocycles. The number of hydrogen-bond donors (Lipinski definition) is 1. The van der Waals surface area contributed by atoms with Crippen molar-refractivity contribution in [3.8, 4) is 0 Å². The first-order valence-corrected chi connectivity index (χ1v) is 8.58. The van der Waals surface area contributed by atoms with Crippen LogP contribution in [0.25, 0.3) is 6.08 Å². The van der Waals surface area contributed by atoms with Gasteiger partial charge in [0.2, 0.25) is 0 Å². The molecule has 6 heteroatoms. The molecule has 0 saturated carbocycles. The van der Waals surface area contributed by atoms with Crippen LogP contribution in [0.2, 0.25) is 0 Å². The number of thiophene rings is 1. The maximum Gasteiger partial charge on any atom is 0.331 e. The average molecular weight is 394 g/mol. The standard InChI is InChI=1S/C17H16BrNO3S/c1-11-3-4-13(9-14(11)18)19-16(20)10-22-17(21)6-5-15-12(2)7-8-23-15/h3-9H,10H2,1-2H3,(H,19,20)/b6-5+. The Balaban J connectivity index is 1.82. The fourth-order valence-electron chi connectivity index (χ4n) is 1.75. The zero-order chi connectivity index (χ0) is 16.8. The lowest BCUT2D eigenvalue weighted by atomic mass is 10.2. The first-order valence-electron chi connectivity index (χ1n) is 6.90. The van der Waals surface area contributed by atoms with Crippen LogP contribution >= 0.6 is 27.3 Å². The molecule has 2 rings (SSSR count). The monoisotopic (exact) mass is 393 g/mol. The zero-order valence-electron chi connectivity index (χ0n) is 12.8. The molecule has 0 spiro atoms. The van der Waals surface area contributed by atoms with Crippen molar-refractivity contribution in [3.63, 3.8) is 0 Å². The van der Waals surface area contributed by atoms with Crippen LogP contribution in [0.4, 0.5) is 5.69 Å². The molecule has 4 nitrogen and oxygen atoms in total. The summed E-state index contributed by atoms with van der Waals surface area (Å²) >= 11 is 4.94. The summed E-state index contributed by atoms with van der Waals surface area (Å²) in [6.07, 6.45) is 3.02. The average Bonchev–Trinajstić information content (AvgIpc) is 2.92. The number of rotatable bonds is 5. The van der Waals surface area contributed by atoms with Crippen LogP contribution in [-0.4, -0.2) is 18.5 Å². The van der Waals surface area contributed by atoms with E-state index in [1.165, 1.54) is 6.08 Å². The van der Waals surface area contributed by atoms with E-state index in [4.69, 9.17) is 4.74 Å². The Kier molecular flexibility index (Phi) is 6.12. The SMILES string of the molecule is Cc1ccc(NC(=O)COC(=O)/C=C/c2sccc2C)cc1Br. The minimum Gasteiger partial charge on any atom is -0.452 e. The van der Waals surface area contributed by atoms with Gasteiger partial charge < -0.3 is 10.1 Å². The summed E-state index contributed by atoms with van der Waals surface area (Å²) in [4.78, 5) is 24.4. The molecule has 1 N–H and O–H groups in total. The Morgan fingerprint density at radius 1 is 1.26 bits per heavy atom. The van der Waals surface area contributed by atoms with Gasteiger partial charge in [-0.25, -0.2) is 4.79 Å². The molecule has 0 saturated heterocycles. The van der Waals surface area contributed by atoms with Crippen molar-refractivity contribution >= 4 is 50.9 Å². The second-order valence-corrected chi connectivity index (χ2v) is 6.72. The molecule has 0 aliphatic rings. The number of benzene rings is 1. The van der Waals surface area contributed by atoms with Gasteiger partial charge in [0.05, 0.1) is 0 Å². The summed E-state index contributed by atoms with van der Waals surface area (Å²) in [7, 11) is 0. The quantitative estimate of drug-likeness (QED) is 0.607. The number of halogens is 1. The molecular weight excluding hydrogens is 378 g/mol. The highest BCUT2D eigenvalue weighted by Gasteiger charge is 2.07. The molecule has 0 unspecified atom stereocenters. The van der Waals surface area contributed by atoms with E-state index in [-0.39, 0.29) is 12.5 Å². The van der Waals surface area contributed by atoms with Gasteiger partial charge in [0.1, 0.15) is 0 Å². The van der Waals surface area contributed by atoms with Crippen LogP contribution in [0.1, 0.15) is 16.0 Å². The van der Waals surface area contributed by atoms with Gasteiger partial charge >= 0.3 is 5.97 Å². The summed E-state index contributed by atoms with van der Waals surface area (Å²) in [5, 5.41) is 4.63. The Morgan fingerprint density at radius 2 is 2.04 bits per heavy atom. The molecule has 1 heterocycles. The van der Waals surface area contributed by atoms with Gasteiger partial charge in [-0.3, -0.25) is 4.79 Å². The van der Waals surface area contributed by atoms with Crippen molar-refractivity contribution in [1.82, 2.24) is 0 Å². The van der Waals surface area contributed by atoms with Crippen LogP contribution in [0, 0.1) is 13.8 Å². The van der Waals surface area contributed by atoms with Crippen molar-refractivity contribution in [3.05, 3.63) is 56.2 Å². The van der Waals surface area contributed by atoms with Crippen LogP contribution in [-0.2, 0) is 14.3 Å². The lowest BCUT2D eigenvalue weighted by molar-refractivity contribution is -0.142. The molecule has 0 atom stereocenters. The predicted octanol–water partition coefficient (Wildman–Crippen LogP) is 4.32. The lowest BCUT2D eigenvalue weighted by Gasteiger charge is -2.07. The number of esters is 1. The van der Waals surface area contributed by atoms with Crippen LogP contribution in [0.5, 0.6) is 0 Å². The number of carbonyl (C=O) groups is 2. The Labute approximate surface area is 147 Å². The van der Waals surface area contributed by atoms with Gasteiger partial charge in [0, 0.05) is 21.1 Å². The van der Waals surface area contributed by atoms with E-state index in [1.54, 1.807) is 29.5 Å². The fraction of sp³-hybridized carbons (Fsp3) is 0.176.